The maximum Gasteiger partial charge on any atom is 0.222 e. The molecule has 0 radical (unpaired) electrons. The molecule has 1 aliphatic heterocycles. The van der Waals surface area contributed by atoms with E-state index in [1.54, 1.807) is 0 Å². The lowest BCUT2D eigenvalue weighted by molar-refractivity contribution is -0.158. The zero-order valence-electron chi connectivity index (χ0n) is 12.2. The summed E-state index contributed by atoms with van der Waals surface area (Å²) in [5, 5.41) is 0. The second-order valence-corrected chi connectivity index (χ2v) is 6.18. The van der Waals surface area contributed by atoms with Gasteiger partial charge in [-0.3, -0.25) is 4.79 Å². The van der Waals surface area contributed by atoms with Crippen molar-refractivity contribution in [3.05, 3.63) is 0 Å². The van der Waals surface area contributed by atoms with Crippen LogP contribution in [0.2, 0.25) is 0 Å². The van der Waals surface area contributed by atoms with Gasteiger partial charge in [-0.1, -0.05) is 6.92 Å². The van der Waals surface area contributed by atoms with Crippen molar-refractivity contribution in [2.75, 3.05) is 19.6 Å². The zero-order chi connectivity index (χ0) is 13.8. The van der Waals surface area contributed by atoms with E-state index in [9.17, 15) is 4.79 Å². The number of ether oxygens (including phenoxy) is 1. The van der Waals surface area contributed by atoms with Gasteiger partial charge in [0.25, 0.3) is 0 Å². The van der Waals surface area contributed by atoms with E-state index in [2.05, 4.69) is 6.92 Å². The molecule has 0 aromatic rings. The van der Waals surface area contributed by atoms with Crippen LogP contribution in [0.5, 0.6) is 0 Å². The molecule has 18 heavy (non-hydrogen) atoms. The number of carbonyl (C=O) groups excluding carboxylic acids is 1. The third-order valence-electron chi connectivity index (χ3n) is 3.43. The Morgan fingerprint density at radius 2 is 2.17 bits per heavy atom. The third kappa shape index (κ3) is 4.94. The Morgan fingerprint density at radius 3 is 2.72 bits per heavy atom. The summed E-state index contributed by atoms with van der Waals surface area (Å²) in [6, 6.07) is 0. The topological polar surface area (TPSA) is 55.6 Å². The Balaban J connectivity index is 2.41. The molecule has 0 aliphatic carbocycles. The molecule has 0 aromatic heterocycles. The summed E-state index contributed by atoms with van der Waals surface area (Å²) < 4.78 is 5.81. The van der Waals surface area contributed by atoms with Crippen LogP contribution in [-0.2, 0) is 9.53 Å². The van der Waals surface area contributed by atoms with E-state index in [4.69, 9.17) is 10.5 Å². The van der Waals surface area contributed by atoms with Crippen LogP contribution in [-0.4, -0.2) is 42.1 Å². The van der Waals surface area contributed by atoms with Crippen LogP contribution in [0.4, 0.5) is 0 Å². The van der Waals surface area contributed by atoms with E-state index in [1.165, 1.54) is 0 Å². The minimum Gasteiger partial charge on any atom is -0.369 e. The molecule has 1 fully saturated rings. The van der Waals surface area contributed by atoms with Gasteiger partial charge >= 0.3 is 0 Å². The summed E-state index contributed by atoms with van der Waals surface area (Å²) in [6.07, 6.45) is 2.68. The van der Waals surface area contributed by atoms with Crippen molar-refractivity contribution in [3.63, 3.8) is 0 Å². The molecule has 1 amide bonds. The van der Waals surface area contributed by atoms with Crippen LogP contribution in [0.3, 0.4) is 0 Å². The van der Waals surface area contributed by atoms with Crippen molar-refractivity contribution in [2.24, 2.45) is 11.7 Å². The minimum atomic E-state index is -0.226. The van der Waals surface area contributed by atoms with Crippen molar-refractivity contribution in [2.45, 2.75) is 58.7 Å². The average molecular weight is 256 g/mol. The van der Waals surface area contributed by atoms with Crippen molar-refractivity contribution < 1.29 is 9.53 Å². The van der Waals surface area contributed by atoms with Crippen LogP contribution in [0.15, 0.2) is 0 Å². The molecule has 4 heteroatoms. The van der Waals surface area contributed by atoms with Crippen molar-refractivity contribution in [1.29, 1.82) is 0 Å². The van der Waals surface area contributed by atoms with E-state index in [1.807, 2.05) is 25.7 Å². The molecule has 106 valence electrons. The van der Waals surface area contributed by atoms with Crippen molar-refractivity contribution in [1.82, 2.24) is 4.90 Å². The molecule has 0 aromatic carbocycles. The molecule has 1 saturated heterocycles. The average Bonchev–Trinajstić information content (AvgIpc) is 2.23. The van der Waals surface area contributed by atoms with E-state index in [-0.39, 0.29) is 17.6 Å². The summed E-state index contributed by atoms with van der Waals surface area (Å²) in [7, 11) is 0. The summed E-state index contributed by atoms with van der Waals surface area (Å²) >= 11 is 0. The number of nitrogens with zero attached hydrogens (tertiary/aromatic N) is 1. The lowest BCUT2D eigenvalue weighted by atomic mass is 10.00. The molecular weight excluding hydrogens is 228 g/mol. The molecule has 1 heterocycles. The van der Waals surface area contributed by atoms with Gasteiger partial charge in [0.2, 0.25) is 5.91 Å². The van der Waals surface area contributed by atoms with Crippen molar-refractivity contribution >= 4 is 5.91 Å². The largest absolute Gasteiger partial charge is 0.369 e. The van der Waals surface area contributed by atoms with Crippen LogP contribution in [0, 0.1) is 5.92 Å². The summed E-state index contributed by atoms with van der Waals surface area (Å²) in [5.74, 6) is 0.785. The Morgan fingerprint density at radius 1 is 1.50 bits per heavy atom. The maximum atomic E-state index is 12.2. The van der Waals surface area contributed by atoms with Gasteiger partial charge in [-0.05, 0) is 46.1 Å². The second kappa shape index (κ2) is 6.53. The van der Waals surface area contributed by atoms with E-state index in [0.717, 1.165) is 12.8 Å². The molecule has 0 saturated carbocycles. The maximum absolute atomic E-state index is 12.2. The molecule has 0 bridgehead atoms. The fourth-order valence-corrected chi connectivity index (χ4v) is 2.60. The molecule has 2 atom stereocenters. The van der Waals surface area contributed by atoms with Crippen molar-refractivity contribution in [3.8, 4) is 0 Å². The summed E-state index contributed by atoms with van der Waals surface area (Å²) in [4.78, 5) is 14.1. The molecule has 4 nitrogen and oxygen atoms in total. The van der Waals surface area contributed by atoms with Gasteiger partial charge in [0.1, 0.15) is 0 Å². The van der Waals surface area contributed by atoms with E-state index in [0.29, 0.717) is 32.0 Å². The predicted molar refractivity (Wildman–Crippen MR) is 73.3 cm³/mol. The number of nitrogens with two attached hydrogens (primary N) is 1. The molecule has 2 unspecified atom stereocenters. The van der Waals surface area contributed by atoms with E-state index >= 15 is 0 Å². The lowest BCUT2D eigenvalue weighted by Crippen LogP contribution is -2.53. The molecule has 1 rings (SSSR count). The number of hydrogen-bond donors (Lipinski definition) is 1. The molecule has 1 aliphatic rings. The number of amides is 1. The van der Waals surface area contributed by atoms with Gasteiger partial charge in [0.15, 0.2) is 0 Å². The van der Waals surface area contributed by atoms with E-state index < -0.39 is 0 Å². The molecule has 2 N–H and O–H groups in total. The Bertz CT molecular complexity index is 279. The minimum absolute atomic E-state index is 0.124. The number of rotatable bonds is 5. The number of carbonyl (C=O) groups is 1. The van der Waals surface area contributed by atoms with Gasteiger partial charge in [0, 0.05) is 19.5 Å². The van der Waals surface area contributed by atoms with Gasteiger partial charge in [-0.25, -0.2) is 0 Å². The Labute approximate surface area is 111 Å². The molecular formula is C14H28N2O2. The third-order valence-corrected chi connectivity index (χ3v) is 3.43. The second-order valence-electron chi connectivity index (χ2n) is 6.18. The van der Waals surface area contributed by atoms with Gasteiger partial charge in [-0.2, -0.15) is 0 Å². The highest BCUT2D eigenvalue weighted by molar-refractivity contribution is 5.76. The highest BCUT2D eigenvalue weighted by Gasteiger charge is 2.33. The monoisotopic (exact) mass is 256 g/mol. The Hall–Kier alpha value is -0.610. The highest BCUT2D eigenvalue weighted by atomic mass is 16.5. The lowest BCUT2D eigenvalue weighted by Gasteiger charge is -2.41. The number of morpholine rings is 1. The quantitative estimate of drug-likeness (QED) is 0.815. The van der Waals surface area contributed by atoms with Gasteiger partial charge < -0.3 is 15.4 Å². The zero-order valence-corrected chi connectivity index (χ0v) is 12.2. The highest BCUT2D eigenvalue weighted by Crippen LogP contribution is 2.22. The first-order chi connectivity index (χ1) is 8.34. The first kappa shape index (κ1) is 15.4. The van der Waals surface area contributed by atoms with Crippen LogP contribution in [0.1, 0.15) is 47.0 Å². The SMILES string of the molecule is CC(CCN)CCC(=O)N1CC(C)OC(C)(C)C1. The first-order valence-electron chi connectivity index (χ1n) is 6.99. The van der Waals surface area contributed by atoms with Crippen LogP contribution in [0.25, 0.3) is 0 Å². The Kier molecular flexibility index (Phi) is 5.60. The van der Waals surface area contributed by atoms with Crippen LogP contribution >= 0.6 is 0 Å². The van der Waals surface area contributed by atoms with Gasteiger partial charge in [-0.15, -0.1) is 0 Å². The predicted octanol–water partition coefficient (Wildman–Crippen LogP) is 1.78. The number of hydrogen-bond acceptors (Lipinski definition) is 3. The smallest absolute Gasteiger partial charge is 0.222 e. The molecule has 0 spiro atoms. The summed E-state index contributed by atoms with van der Waals surface area (Å²) in [6.45, 7) is 10.4. The fraction of sp³-hybridized carbons (Fsp3) is 0.929. The van der Waals surface area contributed by atoms with Crippen LogP contribution < -0.4 is 5.73 Å². The summed E-state index contributed by atoms with van der Waals surface area (Å²) in [5.41, 5.74) is 5.29. The first-order valence-corrected chi connectivity index (χ1v) is 6.99. The normalized spacial score (nSPS) is 24.9. The van der Waals surface area contributed by atoms with Gasteiger partial charge in [0.05, 0.1) is 11.7 Å². The standard InChI is InChI=1S/C14H28N2O2/c1-11(7-8-15)5-6-13(17)16-9-12(2)18-14(3,4)10-16/h11-12H,5-10,15H2,1-4H3. The fourth-order valence-electron chi connectivity index (χ4n) is 2.60.